The molecule has 0 aliphatic heterocycles. The zero-order valence-electron chi connectivity index (χ0n) is 9.08. The molecule has 0 unspecified atom stereocenters. The fourth-order valence-corrected chi connectivity index (χ4v) is 1.89. The summed E-state index contributed by atoms with van der Waals surface area (Å²) in [5, 5.41) is 2.41. The fourth-order valence-electron chi connectivity index (χ4n) is 1.89. The Morgan fingerprint density at radius 1 is 1.20 bits per heavy atom. The topological polar surface area (TPSA) is 17.1 Å². The van der Waals surface area contributed by atoms with Gasteiger partial charge < -0.3 is 4.79 Å². The normalized spacial score (nSPS) is 10.3. The third-order valence-electron chi connectivity index (χ3n) is 2.57. The summed E-state index contributed by atoms with van der Waals surface area (Å²) in [6.45, 7) is 3.71. The Morgan fingerprint density at radius 3 is 2.73 bits per heavy atom. The van der Waals surface area contributed by atoms with Gasteiger partial charge in [-0.15, -0.1) is 0 Å². The van der Waals surface area contributed by atoms with Gasteiger partial charge in [-0.05, 0) is 24.6 Å². The molecule has 0 saturated carbocycles. The van der Waals surface area contributed by atoms with Crippen LogP contribution < -0.4 is 5.46 Å². The molecular formula is C13H13BO. The summed E-state index contributed by atoms with van der Waals surface area (Å²) in [7, 11) is 0.528. The van der Waals surface area contributed by atoms with Gasteiger partial charge in [-0.25, -0.2) is 0 Å². The zero-order valence-corrected chi connectivity index (χ0v) is 9.08. The van der Waals surface area contributed by atoms with Gasteiger partial charge in [-0.3, -0.25) is 0 Å². The lowest BCUT2D eigenvalue weighted by molar-refractivity contribution is -0.110. The molecule has 0 aliphatic carbocycles. The van der Waals surface area contributed by atoms with Gasteiger partial charge in [0.2, 0.25) is 7.28 Å². The Hall–Kier alpha value is -1.57. The molecule has 1 nitrogen and oxygen atoms in total. The van der Waals surface area contributed by atoms with E-state index in [1.165, 1.54) is 16.3 Å². The summed E-state index contributed by atoms with van der Waals surface area (Å²) in [6, 6.07) is 12.5. The summed E-state index contributed by atoms with van der Waals surface area (Å²) in [4.78, 5) is 11.1. The van der Waals surface area contributed by atoms with E-state index in [1.54, 1.807) is 6.92 Å². The summed E-state index contributed by atoms with van der Waals surface area (Å²) in [5.41, 5.74) is 2.59. The molecule has 2 aromatic carbocycles. The Kier molecular flexibility index (Phi) is 2.59. The first-order valence-corrected chi connectivity index (χ1v) is 5.14. The lowest BCUT2D eigenvalue weighted by Crippen LogP contribution is -2.21. The Bertz CT molecular complexity index is 517. The van der Waals surface area contributed by atoms with Crippen molar-refractivity contribution in [3.63, 3.8) is 0 Å². The number of aryl methyl sites for hydroxylation is 1. The fraction of sp³-hybridized carbons (Fsp3) is 0.154. The maximum atomic E-state index is 11.1. The van der Waals surface area contributed by atoms with Crippen LogP contribution in [0.25, 0.3) is 10.8 Å². The first kappa shape index (κ1) is 9.97. The van der Waals surface area contributed by atoms with Crippen molar-refractivity contribution in [3.8, 4) is 0 Å². The second-order valence-corrected chi connectivity index (χ2v) is 4.02. The van der Waals surface area contributed by atoms with Crippen LogP contribution in [0.2, 0.25) is 0 Å². The van der Waals surface area contributed by atoms with Crippen molar-refractivity contribution in [2.45, 2.75) is 13.8 Å². The van der Waals surface area contributed by atoms with Gasteiger partial charge in [0.1, 0.15) is 0 Å². The highest BCUT2D eigenvalue weighted by atomic mass is 16.1. The number of carbonyl (C=O) groups is 1. The van der Waals surface area contributed by atoms with E-state index in [0.29, 0.717) is 7.28 Å². The number of hydrogen-bond donors (Lipinski definition) is 0. The molecule has 0 heterocycles. The maximum absolute atomic E-state index is 11.1. The van der Waals surface area contributed by atoms with Crippen molar-refractivity contribution in [2.24, 2.45) is 0 Å². The van der Waals surface area contributed by atoms with E-state index in [-0.39, 0.29) is 5.68 Å². The Morgan fingerprint density at radius 2 is 2.00 bits per heavy atom. The zero-order chi connectivity index (χ0) is 10.8. The van der Waals surface area contributed by atoms with Crippen molar-refractivity contribution in [1.82, 2.24) is 0 Å². The van der Waals surface area contributed by atoms with E-state index in [9.17, 15) is 4.79 Å². The first-order chi connectivity index (χ1) is 7.16. The minimum atomic E-state index is 0.211. The number of hydrogen-bond acceptors (Lipinski definition) is 1. The average molecular weight is 196 g/mol. The molecule has 0 N–H and O–H groups in total. The van der Waals surface area contributed by atoms with Crippen LogP contribution in [0.1, 0.15) is 12.5 Å². The maximum Gasteiger partial charge on any atom is 0.239 e. The van der Waals surface area contributed by atoms with E-state index in [4.69, 9.17) is 0 Å². The molecule has 0 bridgehead atoms. The van der Waals surface area contributed by atoms with E-state index in [2.05, 4.69) is 31.2 Å². The van der Waals surface area contributed by atoms with Gasteiger partial charge in [-0.2, -0.15) is 0 Å². The van der Waals surface area contributed by atoms with Crippen molar-refractivity contribution in [1.29, 1.82) is 0 Å². The van der Waals surface area contributed by atoms with Gasteiger partial charge in [0.05, 0.1) is 5.68 Å². The monoisotopic (exact) mass is 196 g/mol. The highest BCUT2D eigenvalue weighted by Crippen LogP contribution is 2.13. The molecule has 0 atom stereocenters. The van der Waals surface area contributed by atoms with Crippen LogP contribution in [0.15, 0.2) is 36.4 Å². The van der Waals surface area contributed by atoms with Gasteiger partial charge in [0.25, 0.3) is 0 Å². The summed E-state index contributed by atoms with van der Waals surface area (Å²) < 4.78 is 0. The number of benzene rings is 2. The van der Waals surface area contributed by atoms with Crippen LogP contribution in [0.3, 0.4) is 0 Å². The molecule has 0 aliphatic rings. The smallest absolute Gasteiger partial charge is 0.239 e. The minimum Gasteiger partial charge on any atom is -0.311 e. The number of carbonyl (C=O) groups excluding carboxylic acids is 1. The van der Waals surface area contributed by atoms with Crippen LogP contribution in [-0.2, 0) is 4.79 Å². The van der Waals surface area contributed by atoms with Gasteiger partial charge >= 0.3 is 0 Å². The predicted molar refractivity (Wildman–Crippen MR) is 66.1 cm³/mol. The molecule has 2 heteroatoms. The van der Waals surface area contributed by atoms with E-state index < -0.39 is 0 Å². The quantitative estimate of drug-likeness (QED) is 0.668. The van der Waals surface area contributed by atoms with E-state index in [1.807, 2.05) is 12.1 Å². The average Bonchev–Trinajstić information content (AvgIpc) is 2.16. The highest BCUT2D eigenvalue weighted by Gasteiger charge is 2.05. The lowest BCUT2D eigenvalue weighted by atomic mass is 9.65. The molecule has 0 radical (unpaired) electrons. The highest BCUT2D eigenvalue weighted by molar-refractivity contribution is 6.85. The second-order valence-electron chi connectivity index (χ2n) is 4.02. The molecule has 0 spiro atoms. The molecule has 0 saturated heterocycles. The summed E-state index contributed by atoms with van der Waals surface area (Å²) in [5.74, 6) is 0. The SMILES string of the molecule is CC(=O)Bc1cccc2cc(C)ccc12. The lowest BCUT2D eigenvalue weighted by Gasteiger charge is -2.04. The second kappa shape index (κ2) is 3.89. The molecule has 15 heavy (non-hydrogen) atoms. The van der Waals surface area contributed by atoms with Crippen molar-refractivity contribution in [3.05, 3.63) is 42.0 Å². The molecule has 0 aromatic heterocycles. The third kappa shape index (κ3) is 2.09. The molecule has 2 rings (SSSR count). The van der Waals surface area contributed by atoms with E-state index in [0.717, 1.165) is 5.46 Å². The van der Waals surface area contributed by atoms with Crippen molar-refractivity contribution < 1.29 is 4.79 Å². The summed E-state index contributed by atoms with van der Waals surface area (Å²) in [6.07, 6.45) is 0. The van der Waals surface area contributed by atoms with Crippen LogP contribution in [-0.4, -0.2) is 13.0 Å². The Balaban J connectivity index is 2.60. The van der Waals surface area contributed by atoms with Gasteiger partial charge in [0.15, 0.2) is 0 Å². The van der Waals surface area contributed by atoms with Crippen LogP contribution in [0.4, 0.5) is 0 Å². The minimum absolute atomic E-state index is 0.211. The molecule has 2 aromatic rings. The van der Waals surface area contributed by atoms with Crippen LogP contribution in [0.5, 0.6) is 0 Å². The third-order valence-corrected chi connectivity index (χ3v) is 2.57. The van der Waals surface area contributed by atoms with Crippen molar-refractivity contribution >= 4 is 29.2 Å². The molecule has 74 valence electrons. The van der Waals surface area contributed by atoms with Crippen molar-refractivity contribution in [2.75, 3.05) is 0 Å². The molecular weight excluding hydrogens is 183 g/mol. The summed E-state index contributed by atoms with van der Waals surface area (Å²) >= 11 is 0. The van der Waals surface area contributed by atoms with Gasteiger partial charge in [-0.1, -0.05) is 47.4 Å². The largest absolute Gasteiger partial charge is 0.311 e. The van der Waals surface area contributed by atoms with Gasteiger partial charge in [0, 0.05) is 0 Å². The predicted octanol–water partition coefficient (Wildman–Crippen LogP) is 1.76. The van der Waals surface area contributed by atoms with E-state index >= 15 is 0 Å². The molecule has 0 fully saturated rings. The standard InChI is InChI=1S/C13H13BO/c1-9-6-7-12-11(8-9)4-3-5-13(12)14-10(2)15/h3-8,14H,1-2H3. The van der Waals surface area contributed by atoms with Crippen LogP contribution >= 0.6 is 0 Å². The number of rotatable bonds is 2. The molecule has 0 amide bonds. The first-order valence-electron chi connectivity index (χ1n) is 5.14. The Labute approximate surface area is 90.4 Å². The number of fused-ring (bicyclic) bond motifs is 1. The van der Waals surface area contributed by atoms with Crippen LogP contribution in [0, 0.1) is 6.92 Å².